The van der Waals surface area contributed by atoms with E-state index in [0.29, 0.717) is 21.7 Å². The predicted molar refractivity (Wildman–Crippen MR) is 104 cm³/mol. The molecule has 0 saturated carbocycles. The first-order valence-corrected chi connectivity index (χ1v) is 9.52. The Kier molecular flexibility index (Phi) is 5.20. The van der Waals surface area contributed by atoms with Gasteiger partial charge in [-0.15, -0.1) is 0 Å². The van der Waals surface area contributed by atoms with E-state index in [1.807, 2.05) is 0 Å². The number of amides is 2. The zero-order valence-electron chi connectivity index (χ0n) is 15.2. The van der Waals surface area contributed by atoms with Gasteiger partial charge in [-0.1, -0.05) is 23.5 Å². The molecule has 30 heavy (non-hydrogen) atoms. The number of ether oxygens (including phenoxy) is 2. The summed E-state index contributed by atoms with van der Waals surface area (Å²) >= 11 is 1.09. The maximum atomic E-state index is 12.5. The molecule has 0 unspecified atom stereocenters. The van der Waals surface area contributed by atoms with Crippen LogP contribution in [-0.4, -0.2) is 42.7 Å². The highest BCUT2D eigenvalue weighted by Crippen LogP contribution is 2.32. The van der Waals surface area contributed by atoms with E-state index in [1.54, 1.807) is 24.3 Å². The lowest BCUT2D eigenvalue weighted by molar-refractivity contribution is -0.153. The van der Waals surface area contributed by atoms with Crippen LogP contribution < -0.4 is 19.7 Å². The summed E-state index contributed by atoms with van der Waals surface area (Å²) in [6, 6.07) is 11.2. The molecule has 0 aliphatic carbocycles. The Labute approximate surface area is 172 Å². The lowest BCUT2D eigenvalue weighted by Gasteiger charge is -2.28. The van der Waals surface area contributed by atoms with E-state index < -0.39 is 18.7 Å². The van der Waals surface area contributed by atoms with E-state index in [4.69, 9.17) is 9.47 Å². The minimum Gasteiger partial charge on any atom is -0.484 e. The van der Waals surface area contributed by atoms with E-state index in [-0.39, 0.29) is 29.9 Å². The number of nitrogens with zero attached hydrogens (tertiary/aromatic N) is 2. The van der Waals surface area contributed by atoms with Crippen LogP contribution in [0.2, 0.25) is 0 Å². The Hall–Kier alpha value is -3.34. The molecule has 0 radical (unpaired) electrons. The molecule has 7 nitrogen and oxygen atoms in total. The third-order valence-electron chi connectivity index (χ3n) is 4.12. The highest BCUT2D eigenvalue weighted by atomic mass is 32.1. The van der Waals surface area contributed by atoms with Crippen LogP contribution in [0.1, 0.15) is 0 Å². The quantitative estimate of drug-likeness (QED) is 0.660. The van der Waals surface area contributed by atoms with E-state index >= 15 is 0 Å². The van der Waals surface area contributed by atoms with E-state index in [0.717, 1.165) is 11.3 Å². The van der Waals surface area contributed by atoms with Gasteiger partial charge in [-0.25, -0.2) is 4.98 Å². The minimum absolute atomic E-state index is 0.0527. The molecule has 2 heterocycles. The number of rotatable bonds is 5. The van der Waals surface area contributed by atoms with Crippen LogP contribution in [-0.2, 0) is 9.59 Å². The third-order valence-corrected chi connectivity index (χ3v) is 5.05. The number of hydrogen-bond acceptors (Lipinski definition) is 6. The van der Waals surface area contributed by atoms with Crippen LogP contribution in [0.4, 0.5) is 24.0 Å². The van der Waals surface area contributed by atoms with Crippen LogP contribution in [0.15, 0.2) is 42.5 Å². The van der Waals surface area contributed by atoms with Gasteiger partial charge in [0.2, 0.25) is 5.91 Å². The summed E-state index contributed by atoms with van der Waals surface area (Å²) in [4.78, 5) is 30.2. The maximum absolute atomic E-state index is 12.5. The number of thiazole rings is 1. The number of alkyl halides is 3. The van der Waals surface area contributed by atoms with E-state index in [2.05, 4.69) is 10.3 Å². The molecule has 0 bridgehead atoms. The Morgan fingerprint density at radius 3 is 2.87 bits per heavy atom. The van der Waals surface area contributed by atoms with Gasteiger partial charge in [0.25, 0.3) is 5.91 Å². The molecule has 156 valence electrons. The molecular formula is C19H14F3N3O4S. The molecule has 11 heteroatoms. The summed E-state index contributed by atoms with van der Waals surface area (Å²) in [6.45, 7) is -1.78. The highest BCUT2D eigenvalue weighted by Gasteiger charge is 2.29. The molecule has 3 aromatic rings. The SMILES string of the molecule is O=C(CN1C(=O)COc2ccccc21)Nc1nc2ccc(OCC(F)(F)F)cc2s1. The number of aromatic nitrogens is 1. The van der Waals surface area contributed by atoms with Gasteiger partial charge in [0.05, 0.1) is 15.9 Å². The summed E-state index contributed by atoms with van der Waals surface area (Å²) in [5.41, 5.74) is 1.00. The average molecular weight is 437 g/mol. The number of carbonyl (C=O) groups is 2. The molecule has 0 atom stereocenters. The van der Waals surface area contributed by atoms with Crippen LogP contribution in [0.25, 0.3) is 10.2 Å². The maximum Gasteiger partial charge on any atom is 0.422 e. The normalized spacial score (nSPS) is 13.7. The van der Waals surface area contributed by atoms with Gasteiger partial charge in [-0.2, -0.15) is 13.2 Å². The second kappa shape index (κ2) is 7.82. The first-order chi connectivity index (χ1) is 14.3. The van der Waals surface area contributed by atoms with Crippen molar-refractivity contribution in [3.8, 4) is 11.5 Å². The van der Waals surface area contributed by atoms with Gasteiger partial charge in [-0.05, 0) is 30.3 Å². The summed E-state index contributed by atoms with van der Waals surface area (Å²) in [6.07, 6.45) is -4.43. The van der Waals surface area contributed by atoms with Crippen LogP contribution in [0.5, 0.6) is 11.5 Å². The summed E-state index contributed by atoms with van der Waals surface area (Å²) in [7, 11) is 0. The number of nitrogens with one attached hydrogen (secondary N) is 1. The first kappa shape index (κ1) is 20.0. The van der Waals surface area contributed by atoms with Crippen molar-refractivity contribution in [3.05, 3.63) is 42.5 Å². The van der Waals surface area contributed by atoms with Gasteiger partial charge in [-0.3, -0.25) is 14.5 Å². The lowest BCUT2D eigenvalue weighted by Crippen LogP contribution is -2.43. The van der Waals surface area contributed by atoms with Gasteiger partial charge in [0.15, 0.2) is 18.3 Å². The fraction of sp³-hybridized carbons (Fsp3) is 0.211. The van der Waals surface area contributed by atoms with Crippen LogP contribution >= 0.6 is 11.3 Å². The fourth-order valence-electron chi connectivity index (χ4n) is 2.84. The Morgan fingerprint density at radius 2 is 2.07 bits per heavy atom. The largest absolute Gasteiger partial charge is 0.484 e. The molecular weight excluding hydrogens is 423 g/mol. The van der Waals surface area contributed by atoms with Crippen LogP contribution in [0.3, 0.4) is 0 Å². The van der Waals surface area contributed by atoms with Gasteiger partial charge in [0.1, 0.15) is 18.0 Å². The summed E-state index contributed by atoms with van der Waals surface area (Å²) < 4.78 is 47.5. The zero-order chi connectivity index (χ0) is 21.3. The molecule has 0 saturated heterocycles. The van der Waals surface area contributed by atoms with Crippen molar-refractivity contribution >= 4 is 44.2 Å². The topological polar surface area (TPSA) is 80.8 Å². The number of para-hydroxylation sites is 2. The van der Waals surface area contributed by atoms with Crippen molar-refractivity contribution in [2.75, 3.05) is 30.0 Å². The molecule has 0 spiro atoms. The summed E-state index contributed by atoms with van der Waals surface area (Å²) in [5.74, 6) is -0.250. The molecule has 4 rings (SSSR count). The molecule has 2 amide bonds. The van der Waals surface area contributed by atoms with Gasteiger partial charge in [0, 0.05) is 0 Å². The smallest absolute Gasteiger partial charge is 0.422 e. The van der Waals surface area contributed by atoms with Crippen molar-refractivity contribution in [2.45, 2.75) is 6.18 Å². The van der Waals surface area contributed by atoms with Crippen molar-refractivity contribution in [1.29, 1.82) is 0 Å². The lowest BCUT2D eigenvalue weighted by atomic mass is 10.2. The second-order valence-corrected chi connectivity index (χ2v) is 7.37. The highest BCUT2D eigenvalue weighted by molar-refractivity contribution is 7.22. The predicted octanol–water partition coefficient (Wildman–Crippen LogP) is 3.60. The number of halogens is 3. The van der Waals surface area contributed by atoms with Crippen LogP contribution in [0, 0.1) is 0 Å². The number of anilines is 2. The molecule has 2 aromatic carbocycles. The Balaban J connectivity index is 1.45. The first-order valence-electron chi connectivity index (χ1n) is 8.71. The third kappa shape index (κ3) is 4.46. The second-order valence-electron chi connectivity index (χ2n) is 6.34. The van der Waals surface area contributed by atoms with Crippen molar-refractivity contribution in [2.24, 2.45) is 0 Å². The average Bonchev–Trinajstić information content (AvgIpc) is 3.09. The number of fused-ring (bicyclic) bond motifs is 2. The number of hydrogen-bond donors (Lipinski definition) is 1. The molecule has 1 aliphatic rings. The van der Waals surface area contributed by atoms with E-state index in [1.165, 1.54) is 23.1 Å². The molecule has 0 fully saturated rings. The minimum atomic E-state index is -4.43. The molecule has 1 N–H and O–H groups in total. The number of carbonyl (C=O) groups excluding carboxylic acids is 2. The molecule has 1 aliphatic heterocycles. The fourth-order valence-corrected chi connectivity index (χ4v) is 3.75. The standard InChI is InChI=1S/C19H14F3N3O4S/c20-19(21,22)10-29-11-5-6-12-15(7-11)30-18(23-12)24-16(26)8-25-13-3-1-2-4-14(13)28-9-17(25)27/h1-7H,8-10H2,(H,23,24,26). The summed E-state index contributed by atoms with van der Waals surface area (Å²) in [5, 5.41) is 2.88. The van der Waals surface area contributed by atoms with Gasteiger partial charge >= 0.3 is 6.18 Å². The Bertz CT molecular complexity index is 1120. The van der Waals surface area contributed by atoms with E-state index in [9.17, 15) is 22.8 Å². The monoisotopic (exact) mass is 437 g/mol. The number of benzene rings is 2. The van der Waals surface area contributed by atoms with Crippen molar-refractivity contribution in [1.82, 2.24) is 4.98 Å². The van der Waals surface area contributed by atoms with Gasteiger partial charge < -0.3 is 14.8 Å². The van der Waals surface area contributed by atoms with Crippen molar-refractivity contribution < 1.29 is 32.2 Å². The Morgan fingerprint density at radius 1 is 1.27 bits per heavy atom. The molecule has 1 aromatic heterocycles. The van der Waals surface area contributed by atoms with Crippen molar-refractivity contribution in [3.63, 3.8) is 0 Å². The zero-order valence-corrected chi connectivity index (χ0v) is 16.0.